The molecule has 2 aliphatic heterocycles. The summed E-state index contributed by atoms with van der Waals surface area (Å²) < 4.78 is 1.55. The molecule has 0 spiro atoms. The molecule has 3 heterocycles. The lowest BCUT2D eigenvalue weighted by Crippen LogP contribution is -2.55. The minimum absolute atomic E-state index is 0.0205. The van der Waals surface area contributed by atoms with Gasteiger partial charge in [0, 0.05) is 45.4 Å². The molecule has 0 radical (unpaired) electrons. The summed E-state index contributed by atoms with van der Waals surface area (Å²) >= 11 is 0. The first-order chi connectivity index (χ1) is 11.3. The van der Waals surface area contributed by atoms with Crippen molar-refractivity contribution in [1.82, 2.24) is 19.7 Å². The van der Waals surface area contributed by atoms with Gasteiger partial charge in [0.05, 0.1) is 0 Å². The van der Waals surface area contributed by atoms with E-state index in [0.29, 0.717) is 6.54 Å². The third-order valence-corrected chi connectivity index (χ3v) is 5.32. The van der Waals surface area contributed by atoms with Gasteiger partial charge in [-0.25, -0.2) is 4.79 Å². The summed E-state index contributed by atoms with van der Waals surface area (Å²) in [5.74, 6) is -0.0906. The van der Waals surface area contributed by atoms with Gasteiger partial charge in [0.15, 0.2) is 0 Å². The molecule has 2 saturated heterocycles. The van der Waals surface area contributed by atoms with Gasteiger partial charge in [0.1, 0.15) is 5.54 Å². The van der Waals surface area contributed by atoms with Crippen LogP contribution in [0.25, 0.3) is 0 Å². The molecule has 1 N–H and O–H groups in total. The molecule has 1 aromatic rings. The molecule has 0 aliphatic carbocycles. The van der Waals surface area contributed by atoms with Crippen LogP contribution in [-0.2, 0) is 18.4 Å². The van der Waals surface area contributed by atoms with Crippen molar-refractivity contribution < 1.29 is 9.59 Å². The first-order valence-corrected chi connectivity index (χ1v) is 8.29. The number of aromatic nitrogens is 1. The van der Waals surface area contributed by atoms with Crippen molar-refractivity contribution in [3.63, 3.8) is 0 Å². The number of likely N-dealkylation sites (tertiary alicyclic amines) is 1. The Morgan fingerprint density at radius 3 is 2.67 bits per heavy atom. The summed E-state index contributed by atoms with van der Waals surface area (Å²) in [4.78, 5) is 39.5. The van der Waals surface area contributed by atoms with Gasteiger partial charge in [-0.1, -0.05) is 0 Å². The molecule has 1 aromatic heterocycles. The number of rotatable bonds is 3. The van der Waals surface area contributed by atoms with Gasteiger partial charge in [-0.15, -0.1) is 0 Å². The Labute approximate surface area is 141 Å². The molecule has 3 rings (SSSR count). The second-order valence-corrected chi connectivity index (χ2v) is 7.06. The van der Waals surface area contributed by atoms with Gasteiger partial charge in [0.2, 0.25) is 0 Å². The number of hydrogen-bond acceptors (Lipinski definition) is 4. The smallest absolute Gasteiger partial charge is 0.323 e. The fraction of sp³-hybridized carbons (Fsp3) is 0.588. The Morgan fingerprint density at radius 2 is 2.04 bits per heavy atom. The molecule has 0 bridgehead atoms. The second kappa shape index (κ2) is 6.05. The van der Waals surface area contributed by atoms with Crippen LogP contribution in [0.3, 0.4) is 0 Å². The van der Waals surface area contributed by atoms with Crippen LogP contribution in [0.15, 0.2) is 23.1 Å². The number of pyridine rings is 1. The predicted octanol–water partition coefficient (Wildman–Crippen LogP) is 0.538. The van der Waals surface area contributed by atoms with E-state index >= 15 is 0 Å². The fourth-order valence-corrected chi connectivity index (χ4v) is 3.69. The van der Waals surface area contributed by atoms with Crippen LogP contribution in [0.1, 0.15) is 25.3 Å². The summed E-state index contributed by atoms with van der Waals surface area (Å²) in [6.07, 6.45) is 3.65. The van der Waals surface area contributed by atoms with Crippen molar-refractivity contribution >= 4 is 11.9 Å². The van der Waals surface area contributed by atoms with Crippen molar-refractivity contribution in [2.24, 2.45) is 13.0 Å². The van der Waals surface area contributed by atoms with Crippen LogP contribution in [0, 0.1) is 5.92 Å². The topological polar surface area (TPSA) is 74.7 Å². The first kappa shape index (κ1) is 16.7. The van der Waals surface area contributed by atoms with E-state index in [1.165, 1.54) is 11.9 Å². The summed E-state index contributed by atoms with van der Waals surface area (Å²) in [6, 6.07) is 3.27. The number of nitrogens with zero attached hydrogens (tertiary/aromatic N) is 3. The zero-order valence-corrected chi connectivity index (χ0v) is 14.4. The van der Waals surface area contributed by atoms with E-state index < -0.39 is 5.54 Å². The first-order valence-electron chi connectivity index (χ1n) is 8.29. The van der Waals surface area contributed by atoms with Crippen LogP contribution in [0.4, 0.5) is 4.79 Å². The van der Waals surface area contributed by atoms with Crippen LogP contribution in [0.2, 0.25) is 0 Å². The van der Waals surface area contributed by atoms with Crippen LogP contribution < -0.4 is 10.9 Å². The largest absolute Gasteiger partial charge is 0.324 e. The van der Waals surface area contributed by atoms with Gasteiger partial charge in [0.25, 0.3) is 11.5 Å². The average molecular weight is 332 g/mol. The molecule has 0 unspecified atom stereocenters. The summed E-state index contributed by atoms with van der Waals surface area (Å²) in [5, 5.41) is 2.86. The highest BCUT2D eigenvalue weighted by Crippen LogP contribution is 2.32. The van der Waals surface area contributed by atoms with Crippen molar-refractivity contribution in [2.75, 3.05) is 20.1 Å². The van der Waals surface area contributed by atoms with Gasteiger partial charge in [-0.05, 0) is 37.9 Å². The summed E-state index contributed by atoms with van der Waals surface area (Å²) in [5.41, 5.74) is 0.118. The van der Waals surface area contributed by atoms with Crippen molar-refractivity contribution in [2.45, 2.75) is 31.8 Å². The van der Waals surface area contributed by atoms with E-state index in [1.807, 2.05) is 13.0 Å². The number of imide groups is 1. The van der Waals surface area contributed by atoms with Gasteiger partial charge in [-0.3, -0.25) is 19.4 Å². The Morgan fingerprint density at radius 1 is 1.29 bits per heavy atom. The maximum atomic E-state index is 12.5. The third-order valence-electron chi connectivity index (χ3n) is 5.32. The molecule has 2 fully saturated rings. The van der Waals surface area contributed by atoms with Gasteiger partial charge in [-0.2, -0.15) is 0 Å². The number of piperidine rings is 1. The lowest BCUT2D eigenvalue weighted by Gasteiger charge is -2.39. The van der Waals surface area contributed by atoms with E-state index in [0.717, 1.165) is 31.5 Å². The van der Waals surface area contributed by atoms with Crippen LogP contribution in [0.5, 0.6) is 0 Å². The molecular weight excluding hydrogens is 308 g/mol. The molecular formula is C17H24N4O3. The highest BCUT2D eigenvalue weighted by molar-refractivity contribution is 6.06. The number of carbonyl (C=O) groups is 2. The molecule has 7 heteroatoms. The van der Waals surface area contributed by atoms with Crippen molar-refractivity contribution in [3.05, 3.63) is 34.2 Å². The quantitative estimate of drug-likeness (QED) is 0.820. The standard InChI is InChI=1S/C17H24N4O3/c1-17(15(23)20(3)16(24)18-17)13-5-4-7-21(11-13)10-12-6-8-19(2)14(22)9-12/h6,8-9,13H,4-5,7,10-11H2,1-3H3,(H,18,24)/t13-,17+/m1/s1. The second-order valence-electron chi connectivity index (χ2n) is 7.06. The third kappa shape index (κ3) is 2.84. The van der Waals surface area contributed by atoms with E-state index in [9.17, 15) is 14.4 Å². The minimum Gasteiger partial charge on any atom is -0.323 e. The van der Waals surface area contributed by atoms with Crippen LogP contribution >= 0.6 is 0 Å². The number of urea groups is 1. The fourth-order valence-electron chi connectivity index (χ4n) is 3.69. The lowest BCUT2D eigenvalue weighted by molar-refractivity contribution is -0.132. The number of aryl methyl sites for hydroxylation is 1. The molecule has 0 saturated carbocycles. The van der Waals surface area contributed by atoms with E-state index in [1.54, 1.807) is 23.9 Å². The Kier molecular flexibility index (Phi) is 4.21. The zero-order valence-electron chi connectivity index (χ0n) is 14.4. The predicted molar refractivity (Wildman–Crippen MR) is 89.4 cm³/mol. The Balaban J connectivity index is 1.72. The van der Waals surface area contributed by atoms with Gasteiger partial charge < -0.3 is 9.88 Å². The molecule has 7 nitrogen and oxygen atoms in total. The zero-order chi connectivity index (χ0) is 17.5. The lowest BCUT2D eigenvalue weighted by atomic mass is 9.80. The minimum atomic E-state index is -0.836. The van der Waals surface area contributed by atoms with E-state index in [2.05, 4.69) is 10.2 Å². The van der Waals surface area contributed by atoms with Crippen LogP contribution in [-0.4, -0.2) is 52.0 Å². The summed E-state index contributed by atoms with van der Waals surface area (Å²) in [6.45, 7) is 4.16. The molecule has 130 valence electrons. The summed E-state index contributed by atoms with van der Waals surface area (Å²) in [7, 11) is 3.25. The van der Waals surface area contributed by atoms with E-state index in [-0.39, 0.29) is 23.4 Å². The maximum Gasteiger partial charge on any atom is 0.324 e. The Hall–Kier alpha value is -2.15. The number of nitrogens with one attached hydrogen (secondary N) is 1. The molecule has 2 atom stereocenters. The number of likely N-dealkylation sites (N-methyl/N-ethyl adjacent to an activating group) is 1. The molecule has 0 aromatic carbocycles. The van der Waals surface area contributed by atoms with E-state index in [4.69, 9.17) is 0 Å². The molecule has 2 aliphatic rings. The monoisotopic (exact) mass is 332 g/mol. The highest BCUT2D eigenvalue weighted by Gasteiger charge is 2.51. The van der Waals surface area contributed by atoms with Crippen molar-refractivity contribution in [3.8, 4) is 0 Å². The molecule has 3 amide bonds. The van der Waals surface area contributed by atoms with Crippen molar-refractivity contribution in [1.29, 1.82) is 0 Å². The number of carbonyl (C=O) groups excluding carboxylic acids is 2. The number of amides is 3. The number of hydrogen-bond donors (Lipinski definition) is 1. The maximum absolute atomic E-state index is 12.5. The molecule has 24 heavy (non-hydrogen) atoms. The normalized spacial score (nSPS) is 28.3. The highest BCUT2D eigenvalue weighted by atomic mass is 16.2. The van der Waals surface area contributed by atoms with Gasteiger partial charge >= 0.3 is 6.03 Å². The average Bonchev–Trinajstić information content (AvgIpc) is 2.76. The Bertz CT molecular complexity index is 729. The SMILES string of the molecule is CN1C(=O)N[C@@](C)([C@@H]2CCCN(Cc3ccn(C)c(=O)c3)C2)C1=O.